The maximum atomic E-state index is 12.6. The molecule has 0 aromatic carbocycles. The predicted molar refractivity (Wildman–Crippen MR) is 254 cm³/mol. The normalized spacial score (nSPS) is 15.7. The van der Waals surface area contributed by atoms with Crippen molar-refractivity contribution in [1.29, 1.82) is 0 Å². The summed E-state index contributed by atoms with van der Waals surface area (Å²) >= 11 is 0. The number of phosphoric acid groups is 2. The van der Waals surface area contributed by atoms with Crippen LogP contribution < -0.4 is 0 Å². The van der Waals surface area contributed by atoms with Crippen LogP contribution in [-0.2, 0) is 41.8 Å². The van der Waals surface area contributed by atoms with Crippen LogP contribution in [0.4, 0.5) is 0 Å². The minimum absolute atomic E-state index is 0.0145. The minimum Gasteiger partial charge on any atom is -0.462 e. The Morgan fingerprint density at radius 1 is 0.516 bits per heavy atom. The number of ether oxygens (including phenoxy) is 2. The number of aliphatic hydroxyl groups is 2. The van der Waals surface area contributed by atoms with Crippen LogP contribution in [0.1, 0.15) is 110 Å². The van der Waals surface area contributed by atoms with E-state index in [1.807, 2.05) is 61.6 Å². The second-order valence-corrected chi connectivity index (χ2v) is 16.7. The molecule has 0 amide bonds. The summed E-state index contributed by atoms with van der Waals surface area (Å²) in [5, 5.41) is 19.2. The number of aliphatic hydroxyl groups excluding tert-OH is 2. The van der Waals surface area contributed by atoms with Gasteiger partial charge in [-0.25, -0.2) is 9.13 Å². The van der Waals surface area contributed by atoms with Gasteiger partial charge in [-0.3, -0.25) is 23.2 Å². The Kier molecular flexibility index (Phi) is 39.4. The van der Waals surface area contributed by atoms with Crippen LogP contribution >= 0.6 is 15.6 Å². The van der Waals surface area contributed by atoms with Crippen LogP contribution in [0.15, 0.2) is 134 Å². The van der Waals surface area contributed by atoms with Crippen molar-refractivity contribution in [3.8, 4) is 0 Å². The molecule has 0 aliphatic carbocycles. The van der Waals surface area contributed by atoms with E-state index in [4.69, 9.17) is 23.8 Å². The van der Waals surface area contributed by atoms with Crippen molar-refractivity contribution in [2.45, 2.75) is 128 Å². The molecule has 0 rings (SSSR count). The Hall–Kier alpha value is -3.78. The fourth-order valence-corrected chi connectivity index (χ4v) is 5.93. The maximum absolute atomic E-state index is 12.6. The second kappa shape index (κ2) is 41.9. The third-order valence-corrected chi connectivity index (χ3v) is 9.63. The Balaban J connectivity index is 4.77. The molecule has 0 aliphatic heterocycles. The molecule has 4 atom stereocenters. The quantitative estimate of drug-likeness (QED) is 0.0127. The zero-order valence-corrected chi connectivity index (χ0v) is 39.5. The molecule has 0 radical (unpaired) electrons. The van der Waals surface area contributed by atoms with Gasteiger partial charge in [0.15, 0.2) is 6.10 Å². The summed E-state index contributed by atoms with van der Waals surface area (Å²) < 4.78 is 47.6. The molecule has 0 saturated carbocycles. The monoisotopic (exact) mass is 936 g/mol. The van der Waals surface area contributed by atoms with Crippen LogP contribution in [0.2, 0.25) is 0 Å². The number of allylic oxidation sites excluding steroid dienone is 21. The molecular formula is C48H74O14P2. The van der Waals surface area contributed by atoms with Crippen LogP contribution in [0.25, 0.3) is 0 Å². The van der Waals surface area contributed by atoms with Crippen molar-refractivity contribution in [3.05, 3.63) is 134 Å². The molecule has 14 nitrogen and oxygen atoms in total. The van der Waals surface area contributed by atoms with E-state index in [0.717, 1.165) is 51.4 Å². The molecule has 0 spiro atoms. The summed E-state index contributed by atoms with van der Waals surface area (Å²) in [7, 11) is -9.75. The lowest BCUT2D eigenvalue weighted by Gasteiger charge is -2.20. The SMILES string of the molecule is CC/C=C\C/C=C\C/C=C\C/C=C\C/C=C\C/C=C\CCC(=O)OC[C@H](COP(=O)(O)OC[C@@H](O)COP(=O)(O)O)OC(=O)CCC/C=C\C/C=C\C/C=C\C/C=C\C=C\[C@H](O)CC. The molecular weight excluding hydrogens is 862 g/mol. The molecule has 0 aliphatic rings. The summed E-state index contributed by atoms with van der Waals surface area (Å²) in [6, 6.07) is 0. The standard InChI is InChI=1S/C48H74O14P2/c1-3-5-6-7-8-9-10-11-12-13-14-15-16-20-23-26-29-32-35-38-47(51)58-42-46(43-61-64(56,57)60-41-45(50)40-59-63(53,54)55)62-48(52)39-36-33-30-27-24-21-18-17-19-22-25-28-31-34-37-44(49)4-2/h5-6,8-9,11-12,14-15,18-23,27-32,34,37,44-46,49-50H,3-4,7,10,13,16-17,24-26,33,35-36,38-43H2,1-2H3,(H,56,57)(H2,53,54,55)/b6-5-,9-8-,12-11-,15-14-,21-18-,22-19-,23-20-,30-27-,31-28-,32-29-,37-34+/t44-,45+,46-/m1/s1. The van der Waals surface area contributed by atoms with E-state index < -0.39 is 72.3 Å². The van der Waals surface area contributed by atoms with Crippen molar-refractivity contribution in [3.63, 3.8) is 0 Å². The lowest BCUT2D eigenvalue weighted by Crippen LogP contribution is -2.29. The van der Waals surface area contributed by atoms with Crippen LogP contribution in [0, 0.1) is 0 Å². The maximum Gasteiger partial charge on any atom is 0.472 e. The van der Waals surface area contributed by atoms with E-state index in [1.165, 1.54) is 0 Å². The Morgan fingerprint density at radius 2 is 0.969 bits per heavy atom. The van der Waals surface area contributed by atoms with Crippen molar-refractivity contribution < 1.29 is 66.7 Å². The van der Waals surface area contributed by atoms with Gasteiger partial charge in [0.2, 0.25) is 0 Å². The summed E-state index contributed by atoms with van der Waals surface area (Å²) in [4.78, 5) is 52.7. The summed E-state index contributed by atoms with van der Waals surface area (Å²) in [5.74, 6) is -1.23. The number of unbranched alkanes of at least 4 members (excludes halogenated alkanes) is 1. The summed E-state index contributed by atoms with van der Waals surface area (Å²) in [6.07, 6.45) is 51.3. The molecule has 5 N–H and O–H groups in total. The zero-order valence-electron chi connectivity index (χ0n) is 37.7. The predicted octanol–water partition coefficient (Wildman–Crippen LogP) is 10.4. The number of esters is 2. The lowest BCUT2D eigenvalue weighted by molar-refractivity contribution is -0.161. The summed E-state index contributed by atoms with van der Waals surface area (Å²) in [5.41, 5.74) is 0. The topological polar surface area (TPSA) is 216 Å². The number of carbonyl (C=O) groups is 2. The van der Waals surface area contributed by atoms with Gasteiger partial charge in [0.25, 0.3) is 0 Å². The van der Waals surface area contributed by atoms with E-state index in [9.17, 15) is 33.8 Å². The van der Waals surface area contributed by atoms with Gasteiger partial charge in [-0.15, -0.1) is 0 Å². The van der Waals surface area contributed by atoms with E-state index >= 15 is 0 Å². The third-order valence-electron chi connectivity index (χ3n) is 8.20. The first kappa shape index (κ1) is 60.2. The lowest BCUT2D eigenvalue weighted by atomic mass is 10.2. The molecule has 0 heterocycles. The molecule has 64 heavy (non-hydrogen) atoms. The number of phosphoric ester groups is 2. The van der Waals surface area contributed by atoms with Crippen LogP contribution in [-0.4, -0.2) is 81.6 Å². The fourth-order valence-electron chi connectivity index (χ4n) is 4.77. The molecule has 0 bridgehead atoms. The van der Waals surface area contributed by atoms with Gasteiger partial charge in [0, 0.05) is 12.8 Å². The third kappa shape index (κ3) is 44.8. The van der Waals surface area contributed by atoms with E-state index in [-0.39, 0.29) is 12.8 Å². The van der Waals surface area contributed by atoms with Gasteiger partial charge in [-0.1, -0.05) is 148 Å². The minimum atomic E-state index is -4.89. The molecule has 0 saturated heterocycles. The molecule has 0 aromatic heterocycles. The number of hydrogen-bond donors (Lipinski definition) is 5. The van der Waals surface area contributed by atoms with Gasteiger partial charge in [-0.05, 0) is 83.5 Å². The van der Waals surface area contributed by atoms with Gasteiger partial charge >= 0.3 is 27.6 Å². The van der Waals surface area contributed by atoms with Crippen molar-refractivity contribution >= 4 is 27.6 Å². The molecule has 0 fully saturated rings. The number of rotatable bonds is 39. The first-order valence-corrected chi connectivity index (χ1v) is 25.0. The molecule has 1 unspecified atom stereocenters. The van der Waals surface area contributed by atoms with Crippen molar-refractivity contribution in [2.75, 3.05) is 26.4 Å². The first-order chi connectivity index (χ1) is 30.8. The average molecular weight is 937 g/mol. The fraction of sp³-hybridized carbons (Fsp3) is 0.500. The van der Waals surface area contributed by atoms with Crippen LogP contribution in [0.5, 0.6) is 0 Å². The largest absolute Gasteiger partial charge is 0.472 e. The average Bonchev–Trinajstić information content (AvgIpc) is 3.26. The Labute approximate surface area is 381 Å². The summed E-state index contributed by atoms with van der Waals surface area (Å²) in [6.45, 7) is 1.12. The smallest absolute Gasteiger partial charge is 0.462 e. The zero-order chi connectivity index (χ0) is 47.4. The molecule has 16 heteroatoms. The van der Waals surface area contributed by atoms with E-state index in [0.29, 0.717) is 32.1 Å². The molecule has 360 valence electrons. The number of carbonyl (C=O) groups excluding carboxylic acids is 2. The Morgan fingerprint density at radius 3 is 1.47 bits per heavy atom. The second-order valence-electron chi connectivity index (χ2n) is 14.1. The number of hydrogen-bond acceptors (Lipinski definition) is 11. The molecule has 0 aromatic rings. The van der Waals surface area contributed by atoms with Gasteiger partial charge in [0.1, 0.15) is 12.7 Å². The first-order valence-electron chi connectivity index (χ1n) is 22.0. The van der Waals surface area contributed by atoms with E-state index in [1.54, 1.807) is 6.08 Å². The highest BCUT2D eigenvalue weighted by atomic mass is 31.2. The Bertz CT molecular complexity index is 1650. The van der Waals surface area contributed by atoms with Gasteiger partial charge < -0.3 is 34.4 Å². The van der Waals surface area contributed by atoms with Crippen LogP contribution in [0.3, 0.4) is 0 Å². The van der Waals surface area contributed by atoms with Gasteiger partial charge in [-0.2, -0.15) is 0 Å². The van der Waals surface area contributed by atoms with Crippen molar-refractivity contribution in [2.24, 2.45) is 0 Å². The highest BCUT2D eigenvalue weighted by Gasteiger charge is 2.28. The highest BCUT2D eigenvalue weighted by Crippen LogP contribution is 2.43. The van der Waals surface area contributed by atoms with Gasteiger partial charge in [0.05, 0.1) is 25.9 Å². The van der Waals surface area contributed by atoms with Crippen molar-refractivity contribution in [1.82, 2.24) is 0 Å². The highest BCUT2D eigenvalue weighted by molar-refractivity contribution is 7.47. The van der Waals surface area contributed by atoms with E-state index in [2.05, 4.69) is 88.9 Å².